The van der Waals surface area contributed by atoms with Crippen molar-refractivity contribution in [1.29, 1.82) is 0 Å². The number of fused-ring (bicyclic) bond motifs is 1. The predicted molar refractivity (Wildman–Crippen MR) is 99.9 cm³/mol. The molecule has 1 unspecified atom stereocenters. The number of carbonyl (C=O) groups is 2. The molecule has 2 aromatic rings. The third-order valence-corrected chi connectivity index (χ3v) is 4.89. The van der Waals surface area contributed by atoms with Gasteiger partial charge in [0.2, 0.25) is 5.75 Å². The highest BCUT2D eigenvalue weighted by atomic mass is 16.5. The number of H-pyrrole nitrogens is 1. The maximum Gasteiger partial charge on any atom is 0.343 e. The van der Waals surface area contributed by atoms with E-state index in [4.69, 9.17) is 14.2 Å². The van der Waals surface area contributed by atoms with Crippen LogP contribution in [0.15, 0.2) is 23.0 Å². The Morgan fingerprint density at radius 1 is 1.00 bits per heavy atom. The highest BCUT2D eigenvalue weighted by Crippen LogP contribution is 2.45. The second-order valence-corrected chi connectivity index (χ2v) is 6.35. The zero-order valence-corrected chi connectivity index (χ0v) is 16.1. The molecule has 0 saturated carbocycles. The summed E-state index contributed by atoms with van der Waals surface area (Å²) in [5.74, 6) is 0.257. The lowest BCUT2D eigenvalue weighted by Gasteiger charge is -2.26. The van der Waals surface area contributed by atoms with Crippen LogP contribution >= 0.6 is 0 Å². The van der Waals surface area contributed by atoms with Crippen molar-refractivity contribution in [2.75, 3.05) is 28.4 Å². The molecule has 148 valence electrons. The van der Waals surface area contributed by atoms with Gasteiger partial charge in [-0.25, -0.2) is 4.79 Å². The van der Waals surface area contributed by atoms with Crippen LogP contribution in [0.3, 0.4) is 0 Å². The number of rotatable bonds is 5. The largest absolute Gasteiger partial charge is 0.493 e. The Kier molecular flexibility index (Phi) is 5.39. The minimum Gasteiger partial charge on any atom is -0.493 e. The Morgan fingerprint density at radius 2 is 1.71 bits per heavy atom. The molecule has 0 bridgehead atoms. The topological polar surface area (TPSA) is 104 Å². The van der Waals surface area contributed by atoms with Crippen LogP contribution < -0.4 is 19.8 Å². The van der Waals surface area contributed by atoms with Gasteiger partial charge in [0.05, 0.1) is 28.4 Å². The average molecular weight is 387 g/mol. The molecular weight excluding hydrogens is 366 g/mol. The van der Waals surface area contributed by atoms with Crippen molar-refractivity contribution in [2.24, 2.45) is 0 Å². The third kappa shape index (κ3) is 3.21. The fourth-order valence-corrected chi connectivity index (χ4v) is 3.56. The second-order valence-electron chi connectivity index (χ2n) is 6.35. The maximum atomic E-state index is 12.7. The van der Waals surface area contributed by atoms with Crippen LogP contribution in [-0.2, 0) is 11.2 Å². The Morgan fingerprint density at radius 3 is 2.32 bits per heavy atom. The van der Waals surface area contributed by atoms with E-state index < -0.39 is 11.5 Å². The molecule has 0 spiro atoms. The van der Waals surface area contributed by atoms with Crippen molar-refractivity contribution >= 4 is 11.8 Å². The molecule has 1 atom stereocenters. The highest BCUT2D eigenvalue weighted by Gasteiger charge is 2.32. The van der Waals surface area contributed by atoms with Gasteiger partial charge >= 0.3 is 5.97 Å². The van der Waals surface area contributed by atoms with Crippen LogP contribution in [0.5, 0.6) is 17.2 Å². The van der Waals surface area contributed by atoms with Gasteiger partial charge in [0.15, 0.2) is 17.3 Å². The summed E-state index contributed by atoms with van der Waals surface area (Å²) < 4.78 is 20.8. The fraction of sp³-hybridized carbons (Fsp3) is 0.350. The van der Waals surface area contributed by atoms with Gasteiger partial charge in [0.1, 0.15) is 5.56 Å². The van der Waals surface area contributed by atoms with E-state index in [1.165, 1.54) is 34.5 Å². The number of esters is 1. The van der Waals surface area contributed by atoms with Crippen LogP contribution in [0, 0.1) is 0 Å². The van der Waals surface area contributed by atoms with E-state index in [1.54, 1.807) is 6.07 Å². The second kappa shape index (κ2) is 7.75. The Balaban J connectivity index is 2.06. The average Bonchev–Trinajstić information content (AvgIpc) is 2.71. The van der Waals surface area contributed by atoms with Crippen molar-refractivity contribution < 1.29 is 28.5 Å². The Hall–Kier alpha value is -3.29. The standard InChI is InChI=1S/C20H21NO7/c1-25-16-6-5-11(17(26-2)18(16)27-3)10-7-14-12(15(22)8-10)9-13(19(23)21-14)20(24)28-4/h5-6,9-10H,7-8H2,1-4H3,(H,21,23). The first kappa shape index (κ1) is 19.5. The molecule has 28 heavy (non-hydrogen) atoms. The van der Waals surface area contributed by atoms with E-state index in [-0.39, 0.29) is 23.7 Å². The summed E-state index contributed by atoms with van der Waals surface area (Å²) in [4.78, 5) is 39.4. The zero-order chi connectivity index (χ0) is 20.4. The lowest BCUT2D eigenvalue weighted by molar-refractivity contribution is 0.0598. The molecule has 0 fully saturated rings. The monoisotopic (exact) mass is 387 g/mol. The summed E-state index contributed by atoms with van der Waals surface area (Å²) in [6.45, 7) is 0. The molecular formula is C20H21NO7. The molecule has 1 N–H and O–H groups in total. The van der Waals surface area contributed by atoms with Crippen molar-refractivity contribution in [2.45, 2.75) is 18.8 Å². The normalized spacial score (nSPS) is 15.6. The van der Waals surface area contributed by atoms with Gasteiger partial charge in [-0.3, -0.25) is 9.59 Å². The number of ether oxygens (including phenoxy) is 4. The van der Waals surface area contributed by atoms with Crippen LogP contribution in [0.4, 0.5) is 0 Å². The summed E-state index contributed by atoms with van der Waals surface area (Å²) in [5, 5.41) is 0. The number of ketones is 1. The van der Waals surface area contributed by atoms with Crippen molar-refractivity contribution in [3.63, 3.8) is 0 Å². The minimum atomic E-state index is -0.777. The minimum absolute atomic E-state index is 0.176. The molecule has 0 radical (unpaired) electrons. The molecule has 0 saturated heterocycles. The Bertz CT molecular complexity index is 993. The van der Waals surface area contributed by atoms with Crippen LogP contribution in [0.2, 0.25) is 0 Å². The molecule has 1 heterocycles. The highest BCUT2D eigenvalue weighted by molar-refractivity contribution is 6.01. The smallest absolute Gasteiger partial charge is 0.343 e. The number of benzene rings is 1. The lowest BCUT2D eigenvalue weighted by atomic mass is 9.81. The molecule has 1 aliphatic carbocycles. The number of aromatic nitrogens is 1. The quantitative estimate of drug-likeness (QED) is 0.784. The number of nitrogens with one attached hydrogen (secondary N) is 1. The van der Waals surface area contributed by atoms with E-state index in [0.29, 0.717) is 34.9 Å². The van der Waals surface area contributed by atoms with Gasteiger partial charge in [0.25, 0.3) is 5.56 Å². The van der Waals surface area contributed by atoms with Crippen LogP contribution in [0.1, 0.15) is 44.3 Å². The van der Waals surface area contributed by atoms with Crippen molar-refractivity contribution in [1.82, 2.24) is 4.98 Å². The zero-order valence-electron chi connectivity index (χ0n) is 16.1. The van der Waals surface area contributed by atoms with Crippen LogP contribution in [-0.4, -0.2) is 45.2 Å². The lowest BCUT2D eigenvalue weighted by Crippen LogP contribution is -2.27. The molecule has 0 amide bonds. The van der Waals surface area contributed by atoms with Crippen molar-refractivity contribution in [3.05, 3.63) is 50.9 Å². The molecule has 1 aromatic heterocycles. The van der Waals surface area contributed by atoms with Crippen molar-refractivity contribution in [3.8, 4) is 17.2 Å². The first-order valence-electron chi connectivity index (χ1n) is 8.61. The predicted octanol–water partition coefficient (Wildman–Crippen LogP) is 2.10. The van der Waals surface area contributed by atoms with Gasteiger partial charge in [0, 0.05) is 29.2 Å². The van der Waals surface area contributed by atoms with E-state index in [2.05, 4.69) is 9.72 Å². The summed E-state index contributed by atoms with van der Waals surface area (Å²) >= 11 is 0. The Labute approximate surface area is 161 Å². The van der Waals surface area contributed by atoms with Gasteiger partial charge < -0.3 is 23.9 Å². The summed E-state index contributed by atoms with van der Waals surface area (Å²) in [7, 11) is 5.74. The van der Waals surface area contributed by atoms with Gasteiger partial charge in [-0.1, -0.05) is 6.07 Å². The number of hydrogen-bond donors (Lipinski definition) is 1. The maximum absolute atomic E-state index is 12.7. The third-order valence-electron chi connectivity index (χ3n) is 4.89. The first-order chi connectivity index (χ1) is 13.4. The fourth-order valence-electron chi connectivity index (χ4n) is 3.56. The summed E-state index contributed by atoms with van der Waals surface area (Å²) in [5.41, 5.74) is 0.818. The number of methoxy groups -OCH3 is 4. The summed E-state index contributed by atoms with van der Waals surface area (Å²) in [6, 6.07) is 4.88. The number of Topliss-reactive ketones (excluding diaryl/α,β-unsaturated/α-hetero) is 1. The number of hydrogen-bond acceptors (Lipinski definition) is 7. The molecule has 8 heteroatoms. The van der Waals surface area contributed by atoms with Gasteiger partial charge in [-0.2, -0.15) is 0 Å². The summed E-state index contributed by atoms with van der Waals surface area (Å²) in [6.07, 6.45) is 0.606. The van der Waals surface area contributed by atoms with E-state index in [9.17, 15) is 14.4 Å². The van der Waals surface area contributed by atoms with E-state index in [0.717, 1.165) is 5.56 Å². The van der Waals surface area contributed by atoms with E-state index >= 15 is 0 Å². The molecule has 8 nitrogen and oxygen atoms in total. The SMILES string of the molecule is COC(=O)c1cc2c([nH]c1=O)CC(c1ccc(OC)c(OC)c1OC)CC2=O. The van der Waals surface area contributed by atoms with Crippen LogP contribution in [0.25, 0.3) is 0 Å². The van der Waals surface area contributed by atoms with Gasteiger partial charge in [-0.05, 0) is 18.6 Å². The first-order valence-corrected chi connectivity index (χ1v) is 8.61. The molecule has 3 rings (SSSR count). The molecule has 0 aliphatic heterocycles. The number of carbonyl (C=O) groups excluding carboxylic acids is 2. The number of aromatic amines is 1. The van der Waals surface area contributed by atoms with E-state index in [1.807, 2.05) is 6.07 Å². The molecule has 1 aromatic carbocycles. The van der Waals surface area contributed by atoms with Gasteiger partial charge in [-0.15, -0.1) is 0 Å². The number of pyridine rings is 1. The molecule has 1 aliphatic rings.